The Labute approximate surface area is 116 Å². The molecule has 0 aromatic rings. The minimum Gasteiger partial charge on any atom is -0.356 e. The lowest BCUT2D eigenvalue weighted by Gasteiger charge is -2.31. The van der Waals surface area contributed by atoms with E-state index in [0.29, 0.717) is 19.6 Å². The van der Waals surface area contributed by atoms with Crippen molar-refractivity contribution in [3.63, 3.8) is 0 Å². The van der Waals surface area contributed by atoms with Gasteiger partial charge in [0.25, 0.3) is 0 Å². The van der Waals surface area contributed by atoms with Gasteiger partial charge in [0.1, 0.15) is 0 Å². The predicted molar refractivity (Wildman–Crippen MR) is 75.4 cm³/mol. The Kier molecular flexibility index (Phi) is 6.74. The maximum Gasteiger partial charge on any atom is 0.221 e. The largest absolute Gasteiger partial charge is 0.356 e. The number of nitrogens with one attached hydrogen (secondary N) is 1. The number of sulfonamides is 1. The predicted octanol–water partition coefficient (Wildman–Crippen LogP) is -0.130. The smallest absolute Gasteiger partial charge is 0.221 e. The molecule has 0 radical (unpaired) electrons. The minimum atomic E-state index is -3.29. The third kappa shape index (κ3) is 5.88. The van der Waals surface area contributed by atoms with Gasteiger partial charge in [0.2, 0.25) is 15.9 Å². The van der Waals surface area contributed by atoms with Crippen molar-refractivity contribution in [2.24, 2.45) is 0 Å². The average Bonchev–Trinajstić information content (AvgIpc) is 2.37. The van der Waals surface area contributed by atoms with Gasteiger partial charge in [-0.2, -0.15) is 4.31 Å². The quantitative estimate of drug-likeness (QED) is 0.663. The number of hydrogen-bond acceptors (Lipinski definition) is 4. The van der Waals surface area contributed by atoms with Gasteiger partial charge in [0, 0.05) is 39.1 Å². The molecular weight excluding hydrogens is 266 g/mol. The Balaban J connectivity index is 2.32. The number of amides is 1. The Bertz CT molecular complexity index is 376. The third-order valence-electron chi connectivity index (χ3n) is 3.30. The number of rotatable bonds is 7. The van der Waals surface area contributed by atoms with Gasteiger partial charge in [-0.1, -0.05) is 13.3 Å². The second kappa shape index (κ2) is 7.81. The summed E-state index contributed by atoms with van der Waals surface area (Å²) in [6.07, 6.45) is 2.00. The SMILES string of the molecule is CCCCNC(=O)CCS(=O)(=O)N1CCN(C)CC1. The number of carbonyl (C=O) groups is 1. The minimum absolute atomic E-state index is 0.0540. The summed E-state index contributed by atoms with van der Waals surface area (Å²) in [6.45, 7) is 5.23. The highest BCUT2D eigenvalue weighted by atomic mass is 32.2. The Morgan fingerprint density at radius 2 is 1.84 bits per heavy atom. The van der Waals surface area contributed by atoms with Crippen LogP contribution in [-0.2, 0) is 14.8 Å². The molecular formula is C12H25N3O3S. The van der Waals surface area contributed by atoms with Crippen LogP contribution < -0.4 is 5.32 Å². The zero-order valence-electron chi connectivity index (χ0n) is 11.9. The fourth-order valence-corrected chi connectivity index (χ4v) is 3.33. The molecule has 0 aromatic heterocycles. The van der Waals surface area contributed by atoms with Crippen LogP contribution >= 0.6 is 0 Å². The Morgan fingerprint density at radius 1 is 1.21 bits per heavy atom. The third-order valence-corrected chi connectivity index (χ3v) is 5.17. The zero-order valence-corrected chi connectivity index (χ0v) is 12.7. The molecule has 6 nitrogen and oxygen atoms in total. The molecule has 1 saturated heterocycles. The summed E-state index contributed by atoms with van der Waals surface area (Å²) in [5.41, 5.74) is 0. The lowest BCUT2D eigenvalue weighted by molar-refractivity contribution is -0.120. The first-order valence-electron chi connectivity index (χ1n) is 6.89. The molecule has 0 bridgehead atoms. The first-order chi connectivity index (χ1) is 8.95. The van der Waals surface area contributed by atoms with E-state index < -0.39 is 10.0 Å². The fraction of sp³-hybridized carbons (Fsp3) is 0.917. The summed E-state index contributed by atoms with van der Waals surface area (Å²) >= 11 is 0. The van der Waals surface area contributed by atoms with E-state index in [1.165, 1.54) is 4.31 Å². The Morgan fingerprint density at radius 3 is 2.42 bits per heavy atom. The van der Waals surface area contributed by atoms with Crippen molar-refractivity contribution in [1.29, 1.82) is 0 Å². The number of hydrogen-bond donors (Lipinski definition) is 1. The standard InChI is InChI=1S/C12H25N3O3S/c1-3-4-6-13-12(16)5-11-19(17,18)15-9-7-14(2)8-10-15/h3-11H2,1-2H3,(H,13,16). The van der Waals surface area contributed by atoms with Crippen LogP contribution in [0.1, 0.15) is 26.2 Å². The molecule has 1 heterocycles. The molecule has 0 atom stereocenters. The van der Waals surface area contributed by atoms with Crippen molar-refractivity contribution >= 4 is 15.9 Å². The molecule has 1 fully saturated rings. The number of likely N-dealkylation sites (N-methyl/N-ethyl adjacent to an activating group) is 1. The van der Waals surface area contributed by atoms with Gasteiger partial charge in [-0.25, -0.2) is 8.42 Å². The summed E-state index contributed by atoms with van der Waals surface area (Å²) in [5, 5.41) is 2.74. The average molecular weight is 291 g/mol. The van der Waals surface area contributed by atoms with E-state index in [0.717, 1.165) is 25.9 Å². The fourth-order valence-electron chi connectivity index (χ4n) is 1.91. The van der Waals surface area contributed by atoms with E-state index in [2.05, 4.69) is 10.2 Å². The second-order valence-corrected chi connectivity index (χ2v) is 7.06. The molecule has 1 aliphatic heterocycles. The normalized spacial score (nSPS) is 18.4. The lowest BCUT2D eigenvalue weighted by Crippen LogP contribution is -2.48. The zero-order chi connectivity index (χ0) is 14.3. The molecule has 0 spiro atoms. The monoisotopic (exact) mass is 291 g/mol. The Hall–Kier alpha value is -0.660. The first-order valence-corrected chi connectivity index (χ1v) is 8.49. The molecule has 1 amide bonds. The topological polar surface area (TPSA) is 69.7 Å². The van der Waals surface area contributed by atoms with Gasteiger partial charge in [0.05, 0.1) is 5.75 Å². The van der Waals surface area contributed by atoms with Crippen LogP contribution in [0.2, 0.25) is 0 Å². The van der Waals surface area contributed by atoms with E-state index in [4.69, 9.17) is 0 Å². The number of unbranched alkanes of at least 4 members (excludes halogenated alkanes) is 1. The van der Waals surface area contributed by atoms with Crippen LogP contribution in [0.5, 0.6) is 0 Å². The van der Waals surface area contributed by atoms with Gasteiger partial charge in [-0.05, 0) is 13.5 Å². The molecule has 0 unspecified atom stereocenters. The molecule has 1 rings (SSSR count). The van der Waals surface area contributed by atoms with Crippen LogP contribution in [0.25, 0.3) is 0 Å². The maximum atomic E-state index is 12.1. The van der Waals surface area contributed by atoms with E-state index in [-0.39, 0.29) is 18.1 Å². The molecule has 7 heteroatoms. The van der Waals surface area contributed by atoms with Crippen LogP contribution in [0.15, 0.2) is 0 Å². The van der Waals surface area contributed by atoms with E-state index in [1.54, 1.807) is 0 Å². The van der Waals surface area contributed by atoms with Crippen molar-refractivity contribution in [3.05, 3.63) is 0 Å². The molecule has 0 aliphatic carbocycles. The van der Waals surface area contributed by atoms with E-state index in [9.17, 15) is 13.2 Å². The van der Waals surface area contributed by atoms with Crippen molar-refractivity contribution in [1.82, 2.24) is 14.5 Å². The second-order valence-electron chi connectivity index (χ2n) is 4.97. The molecule has 0 saturated carbocycles. The lowest BCUT2D eigenvalue weighted by atomic mass is 10.3. The van der Waals surface area contributed by atoms with Crippen molar-refractivity contribution in [2.45, 2.75) is 26.2 Å². The molecule has 1 aliphatic rings. The van der Waals surface area contributed by atoms with Crippen molar-refractivity contribution < 1.29 is 13.2 Å². The summed E-state index contributed by atoms with van der Waals surface area (Å²) < 4.78 is 25.6. The van der Waals surface area contributed by atoms with Crippen LogP contribution in [-0.4, -0.2) is 69.1 Å². The van der Waals surface area contributed by atoms with Gasteiger partial charge in [-0.3, -0.25) is 4.79 Å². The van der Waals surface area contributed by atoms with Crippen LogP contribution in [0.3, 0.4) is 0 Å². The van der Waals surface area contributed by atoms with E-state index >= 15 is 0 Å². The highest BCUT2D eigenvalue weighted by Crippen LogP contribution is 2.07. The van der Waals surface area contributed by atoms with Crippen LogP contribution in [0.4, 0.5) is 0 Å². The highest BCUT2D eigenvalue weighted by Gasteiger charge is 2.25. The molecule has 19 heavy (non-hydrogen) atoms. The summed E-state index contributed by atoms with van der Waals surface area (Å²) in [7, 11) is -1.31. The van der Waals surface area contributed by atoms with Gasteiger partial charge in [-0.15, -0.1) is 0 Å². The highest BCUT2D eigenvalue weighted by molar-refractivity contribution is 7.89. The number of carbonyl (C=O) groups excluding carboxylic acids is 1. The van der Waals surface area contributed by atoms with Gasteiger partial charge >= 0.3 is 0 Å². The molecule has 1 N–H and O–H groups in total. The van der Waals surface area contributed by atoms with Gasteiger partial charge in [0.15, 0.2) is 0 Å². The molecule has 112 valence electrons. The molecule has 0 aromatic carbocycles. The van der Waals surface area contributed by atoms with Crippen molar-refractivity contribution in [2.75, 3.05) is 45.5 Å². The number of piperazine rings is 1. The summed E-state index contributed by atoms with van der Waals surface area (Å²) in [5.74, 6) is -0.263. The van der Waals surface area contributed by atoms with Crippen LogP contribution in [0, 0.1) is 0 Å². The van der Waals surface area contributed by atoms with Crippen molar-refractivity contribution in [3.8, 4) is 0 Å². The number of nitrogens with zero attached hydrogens (tertiary/aromatic N) is 2. The van der Waals surface area contributed by atoms with E-state index in [1.807, 2.05) is 14.0 Å². The maximum absolute atomic E-state index is 12.1. The summed E-state index contributed by atoms with van der Waals surface area (Å²) in [4.78, 5) is 13.6. The summed E-state index contributed by atoms with van der Waals surface area (Å²) in [6, 6.07) is 0. The first kappa shape index (κ1) is 16.4. The van der Waals surface area contributed by atoms with Gasteiger partial charge < -0.3 is 10.2 Å².